The topological polar surface area (TPSA) is 50.3 Å². The zero-order valence-corrected chi connectivity index (χ0v) is 14.8. The van der Waals surface area contributed by atoms with E-state index in [0.29, 0.717) is 31.9 Å². The average Bonchev–Trinajstić information content (AvgIpc) is 2.63. The van der Waals surface area contributed by atoms with Crippen molar-refractivity contribution in [3.63, 3.8) is 0 Å². The number of nitrogens with one attached hydrogen (secondary N) is 1. The van der Waals surface area contributed by atoms with Crippen LogP contribution in [0.2, 0.25) is 0 Å². The SMILES string of the molecule is Cl.FC(F)(F)c1cc(-c2ccccc2)nnc1NCCN1CCOCC1. The van der Waals surface area contributed by atoms with Gasteiger partial charge < -0.3 is 10.1 Å². The zero-order valence-electron chi connectivity index (χ0n) is 14.0. The van der Waals surface area contributed by atoms with Crippen LogP contribution in [0.15, 0.2) is 36.4 Å². The van der Waals surface area contributed by atoms with E-state index >= 15 is 0 Å². The first-order valence-corrected chi connectivity index (χ1v) is 8.08. The molecule has 1 saturated heterocycles. The summed E-state index contributed by atoms with van der Waals surface area (Å²) < 4.78 is 45.4. The number of hydrogen-bond donors (Lipinski definition) is 1. The molecule has 1 aromatic carbocycles. The van der Waals surface area contributed by atoms with Crippen molar-refractivity contribution < 1.29 is 17.9 Å². The van der Waals surface area contributed by atoms with Crippen molar-refractivity contribution in [3.05, 3.63) is 42.0 Å². The van der Waals surface area contributed by atoms with Gasteiger partial charge in [-0.15, -0.1) is 22.6 Å². The molecular formula is C17H20ClF3N4O. The van der Waals surface area contributed by atoms with Crippen molar-refractivity contribution in [1.29, 1.82) is 0 Å². The van der Waals surface area contributed by atoms with Gasteiger partial charge in [0, 0.05) is 31.7 Å². The smallest absolute Gasteiger partial charge is 0.379 e. The lowest BCUT2D eigenvalue weighted by Gasteiger charge is -2.26. The van der Waals surface area contributed by atoms with E-state index in [1.165, 1.54) is 0 Å². The molecule has 1 aliphatic rings. The highest BCUT2D eigenvalue weighted by Crippen LogP contribution is 2.35. The van der Waals surface area contributed by atoms with Gasteiger partial charge in [0.25, 0.3) is 0 Å². The number of alkyl halides is 3. The monoisotopic (exact) mass is 388 g/mol. The molecule has 3 rings (SSSR count). The van der Waals surface area contributed by atoms with E-state index in [1.807, 2.05) is 0 Å². The number of halogens is 4. The molecule has 0 spiro atoms. The quantitative estimate of drug-likeness (QED) is 0.851. The van der Waals surface area contributed by atoms with Crippen LogP contribution >= 0.6 is 12.4 Å². The summed E-state index contributed by atoms with van der Waals surface area (Å²) in [6.45, 7) is 3.86. The predicted molar refractivity (Wildman–Crippen MR) is 95.5 cm³/mol. The normalized spacial score (nSPS) is 15.3. The van der Waals surface area contributed by atoms with Gasteiger partial charge in [-0.2, -0.15) is 13.2 Å². The third-order valence-electron chi connectivity index (χ3n) is 3.99. The van der Waals surface area contributed by atoms with Gasteiger partial charge in [-0.25, -0.2) is 0 Å². The minimum Gasteiger partial charge on any atom is -0.379 e. The molecule has 0 aliphatic carbocycles. The molecule has 2 heterocycles. The lowest BCUT2D eigenvalue weighted by Crippen LogP contribution is -2.39. The first kappa shape index (κ1) is 20.4. The van der Waals surface area contributed by atoms with Crippen LogP contribution in [0.5, 0.6) is 0 Å². The van der Waals surface area contributed by atoms with Crippen molar-refractivity contribution in [2.75, 3.05) is 44.7 Å². The average molecular weight is 389 g/mol. The molecule has 0 bridgehead atoms. The minimum atomic E-state index is -4.50. The van der Waals surface area contributed by atoms with Crippen molar-refractivity contribution in [1.82, 2.24) is 15.1 Å². The number of ether oxygens (including phenoxy) is 1. The summed E-state index contributed by atoms with van der Waals surface area (Å²) in [5, 5.41) is 10.5. The summed E-state index contributed by atoms with van der Waals surface area (Å²) in [6, 6.07) is 9.74. The van der Waals surface area contributed by atoms with Crippen LogP contribution < -0.4 is 5.32 Å². The van der Waals surface area contributed by atoms with E-state index in [2.05, 4.69) is 20.4 Å². The summed E-state index contributed by atoms with van der Waals surface area (Å²) in [5.41, 5.74) is -0.00430. The van der Waals surface area contributed by atoms with Crippen LogP contribution in [0, 0.1) is 0 Å². The van der Waals surface area contributed by atoms with Gasteiger partial charge in [-0.1, -0.05) is 30.3 Å². The van der Waals surface area contributed by atoms with Crippen LogP contribution in [0.3, 0.4) is 0 Å². The summed E-state index contributed by atoms with van der Waals surface area (Å²) in [6.07, 6.45) is -4.50. The first-order chi connectivity index (χ1) is 12.0. The summed E-state index contributed by atoms with van der Waals surface area (Å²) >= 11 is 0. The summed E-state index contributed by atoms with van der Waals surface area (Å²) in [7, 11) is 0. The van der Waals surface area contributed by atoms with Gasteiger partial charge in [-0.05, 0) is 6.07 Å². The van der Waals surface area contributed by atoms with E-state index in [0.717, 1.165) is 19.2 Å². The largest absolute Gasteiger partial charge is 0.420 e. The molecule has 1 aromatic heterocycles. The maximum absolute atomic E-state index is 13.4. The molecule has 9 heteroatoms. The molecule has 5 nitrogen and oxygen atoms in total. The van der Waals surface area contributed by atoms with Crippen molar-refractivity contribution in [3.8, 4) is 11.3 Å². The maximum Gasteiger partial charge on any atom is 0.420 e. The van der Waals surface area contributed by atoms with Gasteiger partial charge >= 0.3 is 6.18 Å². The van der Waals surface area contributed by atoms with Gasteiger partial charge in [0.1, 0.15) is 5.56 Å². The third kappa shape index (κ3) is 5.30. The summed E-state index contributed by atoms with van der Waals surface area (Å²) in [4.78, 5) is 2.13. The molecule has 0 radical (unpaired) electrons. The lowest BCUT2D eigenvalue weighted by atomic mass is 10.1. The van der Waals surface area contributed by atoms with Crippen LogP contribution in [-0.2, 0) is 10.9 Å². The Bertz CT molecular complexity index is 694. The van der Waals surface area contributed by atoms with E-state index in [4.69, 9.17) is 4.74 Å². The van der Waals surface area contributed by atoms with Crippen LogP contribution in [0.1, 0.15) is 5.56 Å². The molecule has 1 fully saturated rings. The fourth-order valence-corrected chi connectivity index (χ4v) is 2.65. The van der Waals surface area contributed by atoms with Crippen LogP contribution in [-0.4, -0.2) is 54.5 Å². The van der Waals surface area contributed by atoms with Gasteiger partial charge in [0.2, 0.25) is 0 Å². The van der Waals surface area contributed by atoms with E-state index in [9.17, 15) is 13.2 Å². The molecule has 1 N–H and O–H groups in total. The molecule has 1 aliphatic heterocycles. The molecule has 142 valence electrons. The van der Waals surface area contributed by atoms with Gasteiger partial charge in [0.05, 0.1) is 18.9 Å². The Hall–Kier alpha value is -1.90. The van der Waals surface area contributed by atoms with Crippen LogP contribution in [0.4, 0.5) is 19.0 Å². The Morgan fingerprint density at radius 3 is 2.42 bits per heavy atom. The lowest BCUT2D eigenvalue weighted by molar-refractivity contribution is -0.137. The second-order valence-electron chi connectivity index (χ2n) is 5.74. The molecule has 0 unspecified atom stereocenters. The van der Waals surface area contributed by atoms with Gasteiger partial charge in [-0.3, -0.25) is 4.90 Å². The fraction of sp³-hybridized carbons (Fsp3) is 0.412. The number of rotatable bonds is 5. The Labute approximate surface area is 156 Å². The first-order valence-electron chi connectivity index (χ1n) is 8.08. The van der Waals surface area contributed by atoms with Crippen molar-refractivity contribution >= 4 is 18.2 Å². The van der Waals surface area contributed by atoms with E-state index in [1.54, 1.807) is 30.3 Å². The van der Waals surface area contributed by atoms with E-state index < -0.39 is 11.7 Å². The Kier molecular flexibility index (Phi) is 7.19. The van der Waals surface area contributed by atoms with E-state index in [-0.39, 0.29) is 23.9 Å². The molecular weight excluding hydrogens is 369 g/mol. The maximum atomic E-state index is 13.4. The van der Waals surface area contributed by atoms with Crippen molar-refractivity contribution in [2.24, 2.45) is 0 Å². The second-order valence-corrected chi connectivity index (χ2v) is 5.74. The van der Waals surface area contributed by atoms with Crippen LogP contribution in [0.25, 0.3) is 11.3 Å². The Morgan fingerprint density at radius 1 is 1.08 bits per heavy atom. The van der Waals surface area contributed by atoms with Crippen molar-refractivity contribution in [2.45, 2.75) is 6.18 Å². The second kappa shape index (κ2) is 9.16. The number of hydrogen-bond acceptors (Lipinski definition) is 5. The highest BCUT2D eigenvalue weighted by molar-refractivity contribution is 5.85. The molecule has 0 saturated carbocycles. The molecule has 0 atom stereocenters. The molecule has 2 aromatic rings. The highest BCUT2D eigenvalue weighted by Gasteiger charge is 2.35. The van der Waals surface area contributed by atoms with Gasteiger partial charge in [0.15, 0.2) is 5.82 Å². The zero-order chi connectivity index (χ0) is 17.7. The summed E-state index contributed by atoms with van der Waals surface area (Å²) in [5.74, 6) is -0.236. The number of nitrogens with zero attached hydrogens (tertiary/aromatic N) is 3. The number of anilines is 1. The predicted octanol–water partition coefficient (Wildman–Crippen LogP) is 3.33. The molecule has 26 heavy (non-hydrogen) atoms. The molecule has 0 amide bonds. The standard InChI is InChI=1S/C17H19F3N4O.ClH/c18-17(19,20)14-12-15(13-4-2-1-3-5-13)22-23-16(14)21-6-7-24-8-10-25-11-9-24;/h1-5,12H,6-11H2,(H,21,23);1H. The Balaban J connectivity index is 0.00000243. The third-order valence-corrected chi connectivity index (χ3v) is 3.99. The fourth-order valence-electron chi connectivity index (χ4n) is 2.65. The number of aromatic nitrogens is 2. The Morgan fingerprint density at radius 2 is 1.77 bits per heavy atom. The number of benzene rings is 1. The number of morpholine rings is 1. The minimum absolute atomic E-state index is 0. The highest BCUT2D eigenvalue weighted by atomic mass is 35.5.